The van der Waals surface area contributed by atoms with Crippen LogP contribution in [0.15, 0.2) is 18.2 Å². The van der Waals surface area contributed by atoms with Gasteiger partial charge in [-0.25, -0.2) is 0 Å². The summed E-state index contributed by atoms with van der Waals surface area (Å²) in [5.74, 6) is -2.18. The number of unbranched alkanes of at least 4 members (excludes halogenated alkanes) is 2. The molecule has 3 rings (SSSR count). The Balaban J connectivity index is 1.69. The Morgan fingerprint density at radius 3 is 2.61 bits per heavy atom. The van der Waals surface area contributed by atoms with Gasteiger partial charge in [0.25, 0.3) is 11.8 Å². The van der Waals surface area contributed by atoms with Gasteiger partial charge in [-0.2, -0.15) is 0 Å². The van der Waals surface area contributed by atoms with Crippen LogP contribution in [0.3, 0.4) is 0 Å². The van der Waals surface area contributed by atoms with E-state index in [1.807, 2.05) is 0 Å². The van der Waals surface area contributed by atoms with Crippen LogP contribution in [0.5, 0.6) is 0 Å². The number of carbonyl (C=O) groups excluding carboxylic acids is 5. The van der Waals surface area contributed by atoms with Crippen LogP contribution in [0.2, 0.25) is 0 Å². The topological polar surface area (TPSA) is 113 Å². The van der Waals surface area contributed by atoms with E-state index in [-0.39, 0.29) is 36.4 Å². The summed E-state index contributed by atoms with van der Waals surface area (Å²) in [7, 11) is 0. The number of nitrogens with one attached hydrogen (secondary N) is 2. The SMILES string of the molecule is CCCCCC(=O)NCc1ccc2c(c1)C(=O)N(C1CCC(=O)NC1=O)C2=O. The molecule has 148 valence electrons. The zero-order valence-electron chi connectivity index (χ0n) is 15.7. The third-order valence-corrected chi connectivity index (χ3v) is 5.00. The average Bonchev–Trinajstić information content (AvgIpc) is 2.91. The molecule has 0 aromatic heterocycles. The number of amides is 5. The normalized spacial score (nSPS) is 18.9. The van der Waals surface area contributed by atoms with Crippen LogP contribution in [0.1, 0.15) is 71.7 Å². The van der Waals surface area contributed by atoms with Gasteiger partial charge in [-0.1, -0.05) is 25.8 Å². The standard InChI is InChI=1S/C20H23N3O5/c1-2-3-4-5-16(24)21-11-12-6-7-13-14(10-12)20(28)23(19(13)27)15-8-9-17(25)22-18(15)26/h6-7,10,15H,2-5,8-9,11H2,1H3,(H,21,24)(H,22,25,26). The van der Waals surface area contributed by atoms with Crippen molar-refractivity contribution in [3.8, 4) is 0 Å². The summed E-state index contributed by atoms with van der Waals surface area (Å²) in [6.07, 6.45) is 3.53. The smallest absolute Gasteiger partial charge is 0.262 e. The molecule has 8 nitrogen and oxygen atoms in total. The van der Waals surface area contributed by atoms with Crippen molar-refractivity contribution in [2.75, 3.05) is 0 Å². The van der Waals surface area contributed by atoms with Crippen molar-refractivity contribution in [2.24, 2.45) is 0 Å². The number of piperidine rings is 1. The Morgan fingerprint density at radius 2 is 1.89 bits per heavy atom. The first-order valence-electron chi connectivity index (χ1n) is 9.53. The molecule has 1 atom stereocenters. The molecule has 1 fully saturated rings. The van der Waals surface area contributed by atoms with Crippen molar-refractivity contribution in [1.82, 2.24) is 15.5 Å². The summed E-state index contributed by atoms with van der Waals surface area (Å²) < 4.78 is 0. The molecule has 2 aliphatic heterocycles. The second-order valence-corrected chi connectivity index (χ2v) is 7.06. The maximum Gasteiger partial charge on any atom is 0.262 e. The fourth-order valence-corrected chi connectivity index (χ4v) is 3.45. The van der Waals surface area contributed by atoms with Crippen LogP contribution in [0.4, 0.5) is 0 Å². The van der Waals surface area contributed by atoms with Crippen LogP contribution < -0.4 is 10.6 Å². The van der Waals surface area contributed by atoms with E-state index in [9.17, 15) is 24.0 Å². The predicted molar refractivity (Wildman–Crippen MR) is 99.1 cm³/mol. The van der Waals surface area contributed by atoms with E-state index < -0.39 is 29.7 Å². The number of carbonyl (C=O) groups is 5. The number of nitrogens with zero attached hydrogens (tertiary/aromatic N) is 1. The number of fused-ring (bicyclic) bond motifs is 1. The van der Waals surface area contributed by atoms with Crippen LogP contribution in [-0.2, 0) is 20.9 Å². The second-order valence-electron chi connectivity index (χ2n) is 7.06. The maximum absolute atomic E-state index is 12.8. The Morgan fingerprint density at radius 1 is 1.14 bits per heavy atom. The predicted octanol–water partition coefficient (Wildman–Crippen LogP) is 1.28. The molecule has 0 spiro atoms. The maximum atomic E-state index is 12.8. The van der Waals surface area contributed by atoms with E-state index in [0.717, 1.165) is 24.2 Å². The Hall–Kier alpha value is -3.03. The monoisotopic (exact) mass is 385 g/mol. The van der Waals surface area contributed by atoms with Crippen molar-refractivity contribution < 1.29 is 24.0 Å². The molecule has 8 heteroatoms. The minimum atomic E-state index is -0.980. The van der Waals surface area contributed by atoms with Crippen LogP contribution in [0, 0.1) is 0 Å². The molecule has 1 aromatic carbocycles. The summed E-state index contributed by atoms with van der Waals surface area (Å²) in [5, 5.41) is 4.98. The third-order valence-electron chi connectivity index (χ3n) is 5.00. The lowest BCUT2D eigenvalue weighted by molar-refractivity contribution is -0.136. The van der Waals surface area contributed by atoms with Gasteiger partial charge in [0.15, 0.2) is 0 Å². The number of rotatable bonds is 7. The molecule has 0 radical (unpaired) electrons. The Kier molecular flexibility index (Phi) is 5.87. The highest BCUT2D eigenvalue weighted by Gasteiger charge is 2.44. The summed E-state index contributed by atoms with van der Waals surface area (Å²) in [6, 6.07) is 3.82. The molecule has 0 saturated carbocycles. The van der Waals surface area contributed by atoms with Crippen LogP contribution >= 0.6 is 0 Å². The lowest BCUT2D eigenvalue weighted by Gasteiger charge is -2.27. The van der Waals surface area contributed by atoms with E-state index >= 15 is 0 Å². The number of hydrogen-bond acceptors (Lipinski definition) is 5. The zero-order chi connectivity index (χ0) is 20.3. The van der Waals surface area contributed by atoms with Gasteiger partial charge in [-0.15, -0.1) is 0 Å². The number of imide groups is 2. The molecule has 2 heterocycles. The number of hydrogen-bond donors (Lipinski definition) is 2. The minimum Gasteiger partial charge on any atom is -0.352 e. The highest BCUT2D eigenvalue weighted by atomic mass is 16.2. The number of benzene rings is 1. The van der Waals surface area contributed by atoms with Gasteiger partial charge >= 0.3 is 0 Å². The van der Waals surface area contributed by atoms with E-state index in [4.69, 9.17) is 0 Å². The zero-order valence-corrected chi connectivity index (χ0v) is 15.7. The van der Waals surface area contributed by atoms with Crippen LogP contribution in [-0.4, -0.2) is 40.5 Å². The molecule has 0 bridgehead atoms. The molecule has 1 unspecified atom stereocenters. The van der Waals surface area contributed by atoms with Gasteiger partial charge in [0.05, 0.1) is 11.1 Å². The fourth-order valence-electron chi connectivity index (χ4n) is 3.45. The van der Waals surface area contributed by atoms with Crippen molar-refractivity contribution in [3.05, 3.63) is 34.9 Å². The Labute approximate surface area is 162 Å². The minimum absolute atomic E-state index is 0.0541. The fraction of sp³-hybridized carbons (Fsp3) is 0.450. The lowest BCUT2D eigenvalue weighted by atomic mass is 10.0. The largest absolute Gasteiger partial charge is 0.352 e. The van der Waals surface area contributed by atoms with Gasteiger partial charge in [0.1, 0.15) is 6.04 Å². The highest BCUT2D eigenvalue weighted by Crippen LogP contribution is 2.28. The molecule has 5 amide bonds. The molecule has 2 N–H and O–H groups in total. The van der Waals surface area contributed by atoms with E-state index in [1.165, 1.54) is 0 Å². The van der Waals surface area contributed by atoms with E-state index in [0.29, 0.717) is 12.0 Å². The molecule has 1 saturated heterocycles. The quantitative estimate of drug-likeness (QED) is 0.542. The molecular weight excluding hydrogens is 362 g/mol. The molecule has 2 aliphatic rings. The first kappa shape index (κ1) is 19.7. The van der Waals surface area contributed by atoms with Crippen LogP contribution in [0.25, 0.3) is 0 Å². The van der Waals surface area contributed by atoms with Crippen molar-refractivity contribution >= 4 is 29.5 Å². The molecule has 28 heavy (non-hydrogen) atoms. The molecule has 0 aliphatic carbocycles. The highest BCUT2D eigenvalue weighted by molar-refractivity contribution is 6.23. The average molecular weight is 385 g/mol. The Bertz CT molecular complexity index is 848. The summed E-state index contributed by atoms with van der Waals surface area (Å²) in [6.45, 7) is 2.33. The van der Waals surface area contributed by atoms with Gasteiger partial charge in [-0.3, -0.25) is 34.2 Å². The van der Waals surface area contributed by atoms with Crippen molar-refractivity contribution in [3.63, 3.8) is 0 Å². The summed E-state index contributed by atoms with van der Waals surface area (Å²) in [4.78, 5) is 61.5. The second kappa shape index (κ2) is 8.33. The van der Waals surface area contributed by atoms with Gasteiger partial charge in [-0.05, 0) is 30.5 Å². The summed E-state index contributed by atoms with van der Waals surface area (Å²) >= 11 is 0. The lowest BCUT2D eigenvalue weighted by Crippen LogP contribution is -2.54. The molecule has 1 aromatic rings. The van der Waals surface area contributed by atoms with E-state index in [2.05, 4.69) is 17.6 Å². The first-order valence-corrected chi connectivity index (χ1v) is 9.53. The third kappa shape index (κ3) is 3.95. The van der Waals surface area contributed by atoms with Gasteiger partial charge in [0, 0.05) is 19.4 Å². The molecular formula is C20H23N3O5. The first-order chi connectivity index (χ1) is 13.4. The van der Waals surface area contributed by atoms with Crippen molar-refractivity contribution in [2.45, 2.75) is 58.0 Å². The van der Waals surface area contributed by atoms with E-state index in [1.54, 1.807) is 18.2 Å². The summed E-state index contributed by atoms with van der Waals surface area (Å²) in [5.41, 5.74) is 1.15. The van der Waals surface area contributed by atoms with Crippen molar-refractivity contribution in [1.29, 1.82) is 0 Å². The van der Waals surface area contributed by atoms with Gasteiger partial charge < -0.3 is 5.32 Å². The van der Waals surface area contributed by atoms with Gasteiger partial charge in [0.2, 0.25) is 17.7 Å².